The van der Waals surface area contributed by atoms with Crippen molar-refractivity contribution in [3.05, 3.63) is 108 Å². The summed E-state index contributed by atoms with van der Waals surface area (Å²) in [5.41, 5.74) is -0.505. The number of benzene rings is 4. The minimum absolute atomic E-state index is 0.00279. The van der Waals surface area contributed by atoms with Crippen molar-refractivity contribution in [2.24, 2.45) is 0 Å². The molecule has 4 aromatic carbocycles. The van der Waals surface area contributed by atoms with E-state index in [-0.39, 0.29) is 124 Å². The van der Waals surface area contributed by atoms with Crippen LogP contribution in [0.4, 0.5) is 11.4 Å². The van der Waals surface area contributed by atoms with Crippen LogP contribution in [-0.4, -0.2) is 199 Å². The Bertz CT molecular complexity index is 3940. The Morgan fingerprint density at radius 2 is 1.06 bits per heavy atom. The SMILES string of the molecule is COCCOCCOCCOCCC1(C)C(/C=C/C=C/C=C/C=C2/N(CCOCCOCCOC)c3cc(S(=O)(=O)[O-])c4ccc(S(=O)(=O)[O-])cc4c3C2(C)CCCS(=O)(=O)[O-])=[N+](CCCCCC(=O)O)c2ccc3c(S(=O)(=O)[O-])cc(S(=O)(=O)[O-])cc3c21. The van der Waals surface area contributed by atoms with Crippen molar-refractivity contribution in [1.82, 2.24) is 0 Å². The van der Waals surface area contributed by atoms with Crippen molar-refractivity contribution in [3.8, 4) is 0 Å². The van der Waals surface area contributed by atoms with Crippen LogP contribution in [0.1, 0.15) is 69.9 Å². The predicted molar refractivity (Wildman–Crippen MR) is 319 cm³/mol. The topological polar surface area (TPSA) is 394 Å². The largest absolute Gasteiger partial charge is 0.748 e. The van der Waals surface area contributed by atoms with Crippen LogP contribution in [0.2, 0.25) is 0 Å². The normalized spacial score (nSPS) is 18.1. The van der Waals surface area contributed by atoms with Gasteiger partial charge in [0.1, 0.15) is 47.0 Å². The van der Waals surface area contributed by atoms with Crippen LogP contribution in [0.25, 0.3) is 21.5 Å². The number of fused-ring (bicyclic) bond motifs is 6. The molecule has 0 saturated carbocycles. The summed E-state index contributed by atoms with van der Waals surface area (Å²) in [5, 5.41) is 8.89. The van der Waals surface area contributed by atoms with Crippen molar-refractivity contribution in [3.63, 3.8) is 0 Å². The summed E-state index contributed by atoms with van der Waals surface area (Å²) < 4.78 is 229. The summed E-state index contributed by atoms with van der Waals surface area (Å²) in [6.07, 6.45) is 12.4. The molecule has 2 aliphatic heterocycles. The standard InChI is InChI=1S/C58H76N2O24S5/c1-57(21-13-37-85(63,64)65)52(60(24-26-81-32-34-82-29-27-78-3)49-41-51(89(75,76)77)44-18-17-42(86(66,67)68)38-46(44)56(49)57)14-9-6-5-7-10-15-53-58(2,22-25-80-31-33-84-36-35-83-30-28-79-4)55-47-39-43(87(69,70)71)40-50(88(72,73)74)45(47)19-20-48(55)59(53)23-12-8-11-16-54(61)62/h5-7,9-10,14-15,17-20,38-41H,8,11-13,16,21-37H2,1-4H3,(H5-,61,62,63,64,65,66,67,68,69,70,71,72,73,74,75,76,77)/p-4. The highest BCUT2D eigenvalue weighted by Gasteiger charge is 2.49. The smallest absolute Gasteiger partial charge is 0.303 e. The minimum atomic E-state index is -5.38. The summed E-state index contributed by atoms with van der Waals surface area (Å²) in [6.45, 7) is 6.26. The number of rotatable bonds is 39. The van der Waals surface area contributed by atoms with Crippen molar-refractivity contribution in [1.29, 1.82) is 0 Å². The van der Waals surface area contributed by atoms with E-state index in [0.29, 0.717) is 74.4 Å². The van der Waals surface area contributed by atoms with Crippen LogP contribution in [0.15, 0.2) is 116 Å². The van der Waals surface area contributed by atoms with E-state index in [1.54, 1.807) is 67.5 Å². The number of unbranched alkanes of at least 4 members (excludes halogenated alkanes) is 2. The van der Waals surface area contributed by atoms with E-state index in [4.69, 9.17) is 33.2 Å². The van der Waals surface area contributed by atoms with Gasteiger partial charge in [-0.3, -0.25) is 4.79 Å². The third kappa shape index (κ3) is 19.3. The fraction of sp³-hybridized carbons (Fsp3) is 0.483. The summed E-state index contributed by atoms with van der Waals surface area (Å²) in [6, 6.07) is 8.50. The first-order valence-corrected chi connectivity index (χ1v) is 35.3. The van der Waals surface area contributed by atoms with Crippen LogP contribution < -0.4 is 4.90 Å². The fourth-order valence-corrected chi connectivity index (χ4v) is 14.1. The number of carboxylic acid groups (broad SMARTS) is 1. The lowest BCUT2D eigenvalue weighted by Crippen LogP contribution is -2.33. The number of carbonyl (C=O) groups is 1. The highest BCUT2D eigenvalue weighted by Crippen LogP contribution is 2.55. The summed E-state index contributed by atoms with van der Waals surface area (Å²) in [7, 11) is -22.9. The van der Waals surface area contributed by atoms with E-state index in [1.165, 1.54) is 13.2 Å². The Kier molecular flexibility index (Phi) is 25.9. The Labute approximate surface area is 519 Å². The Balaban J connectivity index is 1.46. The molecule has 0 radical (unpaired) electrons. The maximum Gasteiger partial charge on any atom is 0.303 e. The van der Waals surface area contributed by atoms with Crippen LogP contribution in [0.3, 0.4) is 0 Å². The van der Waals surface area contributed by atoms with Crippen molar-refractivity contribution in [2.45, 2.75) is 89.2 Å². The molecule has 0 amide bonds. The molecule has 26 nitrogen and oxygen atoms in total. The number of hydrogen-bond acceptors (Lipinski definition) is 24. The minimum Gasteiger partial charge on any atom is -0.748 e. The summed E-state index contributed by atoms with van der Waals surface area (Å²) in [5.74, 6) is -1.81. The molecule has 0 aliphatic carbocycles. The molecule has 0 fully saturated rings. The van der Waals surface area contributed by atoms with E-state index in [2.05, 4.69) is 0 Å². The predicted octanol–water partition coefficient (Wildman–Crippen LogP) is 5.03. The molecule has 1 N–H and O–H groups in total. The van der Waals surface area contributed by atoms with Gasteiger partial charge in [0.15, 0.2) is 5.71 Å². The van der Waals surface area contributed by atoms with Gasteiger partial charge in [-0.05, 0) is 110 Å². The van der Waals surface area contributed by atoms with Gasteiger partial charge in [0.2, 0.25) is 5.69 Å². The molecule has 2 atom stereocenters. The van der Waals surface area contributed by atoms with E-state index in [9.17, 15) is 74.8 Å². The van der Waals surface area contributed by atoms with Gasteiger partial charge in [0, 0.05) is 85.9 Å². The second-order valence-electron chi connectivity index (χ2n) is 21.2. The average molecular weight is 1340 g/mol. The molecule has 4 aromatic rings. The maximum atomic E-state index is 13.0. The van der Waals surface area contributed by atoms with E-state index in [0.717, 1.165) is 30.3 Å². The fourth-order valence-electron chi connectivity index (χ4n) is 11.1. The van der Waals surface area contributed by atoms with E-state index in [1.807, 2.05) is 11.5 Å². The van der Waals surface area contributed by atoms with Crippen LogP contribution in [0, 0.1) is 0 Å². The first-order chi connectivity index (χ1) is 41.9. The lowest BCUT2D eigenvalue weighted by Gasteiger charge is -2.31. The van der Waals surface area contributed by atoms with Crippen LogP contribution >= 0.6 is 0 Å². The van der Waals surface area contributed by atoms with Gasteiger partial charge in [-0.15, -0.1) is 0 Å². The maximum absolute atomic E-state index is 13.0. The molecule has 2 heterocycles. The number of allylic oxidation sites excluding steroid dienone is 8. The van der Waals surface area contributed by atoms with Gasteiger partial charge in [-0.1, -0.05) is 36.4 Å². The molecule has 0 saturated heterocycles. The number of nitrogens with zero attached hydrogens (tertiary/aromatic N) is 2. The monoisotopic (exact) mass is 1340 g/mol. The molecular formula is C58H72N2O24S5-4. The molecule has 6 rings (SSSR count). The first-order valence-electron chi connectivity index (χ1n) is 28.1. The number of methoxy groups -OCH3 is 2. The second-order valence-corrected chi connectivity index (χ2v) is 28.1. The van der Waals surface area contributed by atoms with Crippen molar-refractivity contribution < 1.29 is 112 Å². The van der Waals surface area contributed by atoms with E-state index >= 15 is 0 Å². The Morgan fingerprint density at radius 3 is 1.62 bits per heavy atom. The summed E-state index contributed by atoms with van der Waals surface area (Å²) >= 11 is 0. The van der Waals surface area contributed by atoms with Gasteiger partial charge in [0.25, 0.3) is 0 Å². The molecule has 0 spiro atoms. The quantitative estimate of drug-likeness (QED) is 0.0265. The molecule has 0 bridgehead atoms. The number of hydrogen-bond donors (Lipinski definition) is 1. The summed E-state index contributed by atoms with van der Waals surface area (Å²) in [4.78, 5) is 9.70. The van der Waals surface area contributed by atoms with Crippen molar-refractivity contribution in [2.75, 3.05) is 117 Å². The zero-order chi connectivity index (χ0) is 65.4. The molecular weight excluding hydrogens is 1270 g/mol. The first kappa shape index (κ1) is 72.6. The number of anilines is 1. The molecule has 0 aromatic heterocycles. The van der Waals surface area contributed by atoms with Gasteiger partial charge in [-0.2, -0.15) is 4.58 Å². The molecule has 2 aliphatic rings. The number of carboxylic acids is 1. The molecule has 2 unspecified atom stereocenters. The third-order valence-corrected chi connectivity index (χ3v) is 19.3. The van der Waals surface area contributed by atoms with Gasteiger partial charge in [-0.25, -0.2) is 42.1 Å². The zero-order valence-corrected chi connectivity index (χ0v) is 53.6. The average Bonchev–Trinajstić information content (AvgIpc) is 1.61. The van der Waals surface area contributed by atoms with E-state index < -0.39 is 92.7 Å². The highest BCUT2D eigenvalue weighted by molar-refractivity contribution is 7.87. The van der Waals surface area contributed by atoms with Gasteiger partial charge >= 0.3 is 5.97 Å². The Hall–Kier alpha value is -5.43. The molecule has 31 heteroatoms. The highest BCUT2D eigenvalue weighted by atomic mass is 32.2. The number of aliphatic carboxylic acids is 1. The lowest BCUT2D eigenvalue weighted by atomic mass is 9.75. The third-order valence-electron chi connectivity index (χ3n) is 15.1. The second kappa shape index (κ2) is 31.7. The molecule has 89 heavy (non-hydrogen) atoms. The van der Waals surface area contributed by atoms with Gasteiger partial charge in [0.05, 0.1) is 108 Å². The molecule has 492 valence electrons. The van der Waals surface area contributed by atoms with Crippen molar-refractivity contribution >= 4 is 95.2 Å². The van der Waals surface area contributed by atoms with Gasteiger partial charge < -0.3 is 65.9 Å². The lowest BCUT2D eigenvalue weighted by molar-refractivity contribution is -0.438. The Morgan fingerprint density at radius 1 is 0.539 bits per heavy atom. The van der Waals surface area contributed by atoms with Crippen LogP contribution in [-0.2, 0) is 99.4 Å². The van der Waals surface area contributed by atoms with Crippen LogP contribution in [0.5, 0.6) is 0 Å². The zero-order valence-electron chi connectivity index (χ0n) is 49.5. The number of ether oxygens (including phenoxy) is 7.